The van der Waals surface area contributed by atoms with Gasteiger partial charge in [0.25, 0.3) is 0 Å². The minimum absolute atomic E-state index is 0.0212. The average Bonchev–Trinajstić information content (AvgIpc) is 3.34. The summed E-state index contributed by atoms with van der Waals surface area (Å²) in [4.78, 5) is 27.6. The lowest BCUT2D eigenvalue weighted by atomic mass is 10.0. The second kappa shape index (κ2) is 8.43. The van der Waals surface area contributed by atoms with E-state index in [0.717, 1.165) is 10.2 Å². The van der Waals surface area contributed by atoms with Crippen molar-refractivity contribution in [3.8, 4) is 11.5 Å². The summed E-state index contributed by atoms with van der Waals surface area (Å²) in [6.07, 6.45) is 3.11. The van der Waals surface area contributed by atoms with Gasteiger partial charge in [-0.3, -0.25) is 9.69 Å². The summed E-state index contributed by atoms with van der Waals surface area (Å²) in [6, 6.07) is 9.91. The molecular weight excluding hydrogens is 474 g/mol. The van der Waals surface area contributed by atoms with Crippen molar-refractivity contribution in [1.82, 2.24) is 13.8 Å². The maximum Gasteiger partial charge on any atom is 0.407 e. The van der Waals surface area contributed by atoms with E-state index in [1.807, 2.05) is 4.90 Å². The number of aromatic nitrogens is 1. The summed E-state index contributed by atoms with van der Waals surface area (Å²) in [5.41, 5.74) is 1.75. The van der Waals surface area contributed by atoms with Gasteiger partial charge in [-0.25, -0.2) is 17.2 Å². The second-order valence-electron chi connectivity index (χ2n) is 8.59. The van der Waals surface area contributed by atoms with Crippen molar-refractivity contribution in [2.75, 3.05) is 32.4 Å². The number of rotatable bonds is 4. The van der Waals surface area contributed by atoms with Gasteiger partial charge in [-0.15, -0.1) is 0 Å². The van der Waals surface area contributed by atoms with Gasteiger partial charge in [0.1, 0.15) is 11.5 Å². The molecule has 0 radical (unpaired) electrons. The summed E-state index contributed by atoms with van der Waals surface area (Å²) in [6.45, 7) is 1.95. The Labute approximate surface area is 201 Å². The van der Waals surface area contributed by atoms with Gasteiger partial charge < -0.3 is 19.8 Å². The van der Waals surface area contributed by atoms with E-state index in [0.29, 0.717) is 53.8 Å². The molecule has 0 unspecified atom stereocenters. The van der Waals surface area contributed by atoms with Gasteiger partial charge >= 0.3 is 6.09 Å². The van der Waals surface area contributed by atoms with Crippen LogP contribution in [-0.2, 0) is 16.6 Å². The zero-order valence-electron chi connectivity index (χ0n) is 18.8. The van der Waals surface area contributed by atoms with Gasteiger partial charge in [0.15, 0.2) is 5.76 Å². The van der Waals surface area contributed by atoms with Crippen molar-refractivity contribution in [2.45, 2.75) is 6.54 Å². The molecule has 3 aromatic rings. The Bertz CT molecular complexity index is 1500. The van der Waals surface area contributed by atoms with E-state index in [1.165, 1.54) is 29.3 Å². The Balaban J connectivity index is 1.47. The van der Waals surface area contributed by atoms with Crippen molar-refractivity contribution >= 4 is 38.9 Å². The van der Waals surface area contributed by atoms with Crippen LogP contribution in [0.1, 0.15) is 21.5 Å². The molecule has 1 aromatic heterocycles. The predicted molar refractivity (Wildman–Crippen MR) is 128 cm³/mol. The van der Waals surface area contributed by atoms with Crippen molar-refractivity contribution in [2.24, 2.45) is 0 Å². The Kier molecular flexibility index (Phi) is 5.53. The van der Waals surface area contributed by atoms with Crippen LogP contribution in [0.5, 0.6) is 11.5 Å². The first-order valence-corrected chi connectivity index (χ1v) is 12.8. The van der Waals surface area contributed by atoms with Crippen LogP contribution in [0.4, 0.5) is 4.79 Å². The van der Waals surface area contributed by atoms with Crippen LogP contribution in [0.3, 0.4) is 0 Å². The highest BCUT2D eigenvalue weighted by Crippen LogP contribution is 2.40. The van der Waals surface area contributed by atoms with Crippen LogP contribution in [-0.4, -0.2) is 76.7 Å². The van der Waals surface area contributed by atoms with E-state index in [-0.39, 0.29) is 29.6 Å². The standard InChI is InChI=1S/C24H23N3O7S/c1-35(32,33)27-13-15(16-4-2-3-5-19(16)27)12-21-22(29)17-6-7-20(28)18(23(17)34-21)14-25-8-10-26(11-9-25)24(30)31/h2-7,12-13,28H,8-11,14H2,1H3,(H,30,31)/b21-12-. The molecule has 3 heterocycles. The van der Waals surface area contributed by atoms with Gasteiger partial charge in [-0.1, -0.05) is 18.2 Å². The van der Waals surface area contributed by atoms with Crippen molar-refractivity contribution in [3.63, 3.8) is 0 Å². The topological polar surface area (TPSA) is 129 Å². The van der Waals surface area contributed by atoms with Gasteiger partial charge in [0.2, 0.25) is 15.8 Å². The van der Waals surface area contributed by atoms with E-state index in [9.17, 15) is 23.1 Å². The normalized spacial score (nSPS) is 17.7. The maximum absolute atomic E-state index is 13.1. The molecule has 182 valence electrons. The fourth-order valence-electron chi connectivity index (χ4n) is 4.48. The first kappa shape index (κ1) is 22.9. The van der Waals surface area contributed by atoms with Crippen LogP contribution in [0.15, 0.2) is 48.4 Å². The third kappa shape index (κ3) is 4.13. The van der Waals surface area contributed by atoms with Crippen LogP contribution >= 0.6 is 0 Å². The number of carbonyl (C=O) groups is 2. The SMILES string of the molecule is CS(=O)(=O)n1cc(/C=C2\Oc3c(ccc(O)c3CN3CCN(C(=O)O)CC3)C2=O)c2ccccc21. The third-order valence-corrected chi connectivity index (χ3v) is 7.31. The first-order chi connectivity index (χ1) is 16.6. The number of carbonyl (C=O) groups excluding carboxylic acids is 1. The number of hydrogen-bond acceptors (Lipinski definition) is 7. The van der Waals surface area contributed by atoms with Crippen LogP contribution in [0.25, 0.3) is 17.0 Å². The summed E-state index contributed by atoms with van der Waals surface area (Å²) >= 11 is 0. The van der Waals surface area contributed by atoms with Gasteiger partial charge in [0.05, 0.1) is 22.9 Å². The number of allylic oxidation sites excluding steroid dienone is 1. The lowest BCUT2D eigenvalue weighted by molar-refractivity contribution is 0.101. The maximum atomic E-state index is 13.1. The fourth-order valence-corrected chi connectivity index (χ4v) is 5.30. The van der Waals surface area contributed by atoms with E-state index in [4.69, 9.17) is 9.84 Å². The number of amides is 1. The third-order valence-electron chi connectivity index (χ3n) is 6.29. The molecule has 2 aliphatic heterocycles. The molecule has 2 aliphatic rings. The van der Waals surface area contributed by atoms with Crippen molar-refractivity contribution in [3.05, 3.63) is 65.0 Å². The minimum Gasteiger partial charge on any atom is -0.507 e. The molecule has 5 rings (SSSR count). The molecule has 1 amide bonds. The number of fused-ring (bicyclic) bond motifs is 2. The summed E-state index contributed by atoms with van der Waals surface area (Å²) < 4.78 is 31.6. The Hall–Kier alpha value is -3.83. The highest BCUT2D eigenvalue weighted by atomic mass is 32.2. The number of benzene rings is 2. The van der Waals surface area contributed by atoms with Crippen molar-refractivity contribution in [1.29, 1.82) is 0 Å². The zero-order chi connectivity index (χ0) is 24.9. The molecular formula is C24H23N3O7S. The number of phenolic OH excluding ortho intramolecular Hbond substituents is 1. The Morgan fingerprint density at radius 3 is 2.51 bits per heavy atom. The number of phenols is 1. The number of carboxylic acid groups (broad SMARTS) is 1. The molecule has 10 nitrogen and oxygen atoms in total. The monoisotopic (exact) mass is 497 g/mol. The van der Waals surface area contributed by atoms with Crippen LogP contribution in [0, 0.1) is 0 Å². The largest absolute Gasteiger partial charge is 0.507 e. The van der Waals surface area contributed by atoms with Gasteiger partial charge in [-0.2, -0.15) is 0 Å². The summed E-state index contributed by atoms with van der Waals surface area (Å²) in [5, 5.41) is 20.3. The summed E-state index contributed by atoms with van der Waals surface area (Å²) in [7, 11) is -3.56. The molecule has 2 aromatic carbocycles. The van der Waals surface area contributed by atoms with Crippen LogP contribution < -0.4 is 4.74 Å². The smallest absolute Gasteiger partial charge is 0.407 e. The van der Waals surface area contributed by atoms with E-state index in [2.05, 4.69) is 0 Å². The number of piperazine rings is 1. The van der Waals surface area contributed by atoms with Gasteiger partial charge in [0, 0.05) is 49.9 Å². The number of aromatic hydroxyl groups is 1. The molecule has 2 N–H and O–H groups in total. The quantitative estimate of drug-likeness (QED) is 0.526. The molecule has 1 saturated heterocycles. The lowest BCUT2D eigenvalue weighted by Gasteiger charge is -2.33. The zero-order valence-corrected chi connectivity index (χ0v) is 19.7. The van der Waals surface area contributed by atoms with Crippen molar-refractivity contribution < 1.29 is 33.0 Å². The second-order valence-corrected chi connectivity index (χ2v) is 10.4. The predicted octanol–water partition coefficient (Wildman–Crippen LogP) is 2.57. The lowest BCUT2D eigenvalue weighted by Crippen LogP contribution is -2.47. The Morgan fingerprint density at radius 2 is 1.83 bits per heavy atom. The number of para-hydroxylation sites is 1. The molecule has 0 spiro atoms. The average molecular weight is 498 g/mol. The van der Waals surface area contributed by atoms with E-state index >= 15 is 0 Å². The first-order valence-electron chi connectivity index (χ1n) is 10.9. The number of ether oxygens (including phenoxy) is 1. The molecule has 0 aliphatic carbocycles. The fraction of sp³-hybridized carbons (Fsp3) is 0.250. The number of ketones is 1. The molecule has 1 fully saturated rings. The molecule has 0 bridgehead atoms. The molecule has 0 atom stereocenters. The van der Waals surface area contributed by atoms with E-state index in [1.54, 1.807) is 24.3 Å². The van der Waals surface area contributed by atoms with Gasteiger partial charge in [-0.05, 0) is 24.3 Å². The number of nitrogens with zero attached hydrogens (tertiary/aromatic N) is 3. The molecule has 11 heteroatoms. The molecule has 35 heavy (non-hydrogen) atoms. The van der Waals surface area contributed by atoms with E-state index < -0.39 is 16.1 Å². The van der Waals surface area contributed by atoms with Crippen LogP contribution in [0.2, 0.25) is 0 Å². The Morgan fingerprint density at radius 1 is 1.11 bits per heavy atom. The molecule has 0 saturated carbocycles. The number of Topliss-reactive ketones (excluding diaryl/α,β-unsaturated/α-hetero) is 1. The minimum atomic E-state index is -3.56. The highest BCUT2D eigenvalue weighted by Gasteiger charge is 2.33. The summed E-state index contributed by atoms with van der Waals surface area (Å²) in [5.74, 6) is -0.104. The number of hydrogen-bond donors (Lipinski definition) is 2. The highest BCUT2D eigenvalue weighted by molar-refractivity contribution is 7.89.